The number of aryl methyl sites for hydroxylation is 1. The van der Waals surface area contributed by atoms with Crippen molar-refractivity contribution in [2.75, 3.05) is 0 Å². The molecule has 1 amide bonds. The minimum atomic E-state index is -4.54. The second kappa shape index (κ2) is 8.13. The van der Waals surface area contributed by atoms with Crippen molar-refractivity contribution < 1.29 is 18.0 Å². The zero-order chi connectivity index (χ0) is 21.2. The molecule has 1 aromatic heterocycles. The van der Waals surface area contributed by atoms with Crippen LogP contribution in [0.15, 0.2) is 65.5 Å². The van der Waals surface area contributed by atoms with E-state index in [1.807, 2.05) is 0 Å². The molecule has 0 fully saturated rings. The summed E-state index contributed by atoms with van der Waals surface area (Å²) in [5.41, 5.74) is -0.566. The van der Waals surface area contributed by atoms with Gasteiger partial charge >= 0.3 is 6.18 Å². The van der Waals surface area contributed by atoms with Crippen molar-refractivity contribution in [1.82, 2.24) is 9.88 Å². The molecule has 4 nitrogen and oxygen atoms in total. The molecule has 3 rings (SSSR count). The summed E-state index contributed by atoms with van der Waals surface area (Å²) in [7, 11) is 0. The van der Waals surface area contributed by atoms with Crippen LogP contribution in [0.2, 0.25) is 5.02 Å². The zero-order valence-corrected chi connectivity index (χ0v) is 16.0. The van der Waals surface area contributed by atoms with Gasteiger partial charge in [-0.2, -0.15) is 13.2 Å². The summed E-state index contributed by atoms with van der Waals surface area (Å²) in [6.07, 6.45) is -4.54. The van der Waals surface area contributed by atoms with Crippen LogP contribution in [-0.4, -0.2) is 10.5 Å². The Balaban J connectivity index is 1.93. The fraction of sp³-hybridized carbons (Fsp3) is 0.143. The molecule has 0 aliphatic rings. The molecule has 8 heteroatoms. The average molecular weight is 421 g/mol. The Morgan fingerprint density at radius 2 is 1.79 bits per heavy atom. The van der Waals surface area contributed by atoms with Crippen molar-refractivity contribution in [3.63, 3.8) is 0 Å². The second-order valence-corrected chi connectivity index (χ2v) is 6.83. The Bertz CT molecular complexity index is 1120. The number of nitrogens with one attached hydrogen (secondary N) is 1. The van der Waals surface area contributed by atoms with Crippen LogP contribution < -0.4 is 10.9 Å². The number of hydrogen-bond donors (Lipinski definition) is 1. The van der Waals surface area contributed by atoms with Crippen molar-refractivity contribution in [3.05, 3.63) is 98.4 Å². The topological polar surface area (TPSA) is 51.1 Å². The molecule has 2 aromatic carbocycles. The van der Waals surface area contributed by atoms with Gasteiger partial charge in [-0.25, -0.2) is 0 Å². The van der Waals surface area contributed by atoms with Crippen LogP contribution in [0.25, 0.3) is 5.69 Å². The van der Waals surface area contributed by atoms with E-state index < -0.39 is 23.2 Å². The number of alkyl halides is 3. The third-order valence-electron chi connectivity index (χ3n) is 4.30. The Hall–Kier alpha value is -3.06. The van der Waals surface area contributed by atoms with E-state index in [2.05, 4.69) is 5.32 Å². The number of benzene rings is 2. The Morgan fingerprint density at radius 3 is 2.48 bits per heavy atom. The first-order valence-corrected chi connectivity index (χ1v) is 8.97. The Morgan fingerprint density at radius 1 is 1.07 bits per heavy atom. The third kappa shape index (κ3) is 4.68. The molecule has 1 N–H and O–H groups in total. The summed E-state index contributed by atoms with van der Waals surface area (Å²) in [5, 5.41) is 3.14. The highest BCUT2D eigenvalue weighted by molar-refractivity contribution is 6.30. The molecule has 0 saturated heterocycles. The minimum absolute atomic E-state index is 0.0341. The predicted octanol–water partition coefficient (Wildman–Crippen LogP) is 4.75. The van der Waals surface area contributed by atoms with Crippen molar-refractivity contribution in [2.24, 2.45) is 0 Å². The minimum Gasteiger partial charge on any atom is -0.348 e. The van der Waals surface area contributed by atoms with Gasteiger partial charge in [0.05, 0.1) is 5.56 Å². The van der Waals surface area contributed by atoms with Gasteiger partial charge in [0, 0.05) is 22.9 Å². The van der Waals surface area contributed by atoms with E-state index in [1.54, 1.807) is 31.2 Å². The second-order valence-electron chi connectivity index (χ2n) is 6.39. The van der Waals surface area contributed by atoms with E-state index >= 15 is 0 Å². The van der Waals surface area contributed by atoms with Gasteiger partial charge in [-0.05, 0) is 55.0 Å². The summed E-state index contributed by atoms with van der Waals surface area (Å²) in [6, 6.07) is 14.1. The van der Waals surface area contributed by atoms with Gasteiger partial charge in [-0.1, -0.05) is 29.8 Å². The van der Waals surface area contributed by atoms with E-state index in [-0.39, 0.29) is 17.8 Å². The van der Waals surface area contributed by atoms with Crippen LogP contribution in [0.5, 0.6) is 0 Å². The number of aromatic nitrogens is 1. The normalized spacial score (nSPS) is 11.3. The standard InChI is InChI=1S/C21H16ClF3N2O2/c1-13-8-9-18(19(28)26-12-14-4-2-6-16(22)10-14)20(29)27(13)17-7-3-5-15(11-17)21(23,24)25/h2-11H,12H2,1H3,(H,26,28). The molecule has 1 heterocycles. The van der Waals surface area contributed by atoms with Gasteiger partial charge in [0.25, 0.3) is 11.5 Å². The van der Waals surface area contributed by atoms with E-state index in [4.69, 9.17) is 11.6 Å². The molecule has 0 saturated carbocycles. The lowest BCUT2D eigenvalue weighted by molar-refractivity contribution is -0.137. The van der Waals surface area contributed by atoms with Crippen LogP contribution in [0.4, 0.5) is 13.2 Å². The number of hydrogen-bond acceptors (Lipinski definition) is 2. The maximum Gasteiger partial charge on any atom is 0.416 e. The molecule has 29 heavy (non-hydrogen) atoms. The first kappa shape index (κ1) is 20.7. The van der Waals surface area contributed by atoms with Crippen molar-refractivity contribution in [1.29, 1.82) is 0 Å². The molecule has 0 spiro atoms. The van der Waals surface area contributed by atoms with E-state index in [9.17, 15) is 22.8 Å². The van der Waals surface area contributed by atoms with Crippen molar-refractivity contribution in [3.8, 4) is 5.69 Å². The van der Waals surface area contributed by atoms with E-state index in [1.165, 1.54) is 24.3 Å². The fourth-order valence-corrected chi connectivity index (χ4v) is 3.08. The predicted molar refractivity (Wildman–Crippen MR) is 104 cm³/mol. The number of halogens is 4. The molecule has 0 unspecified atom stereocenters. The lowest BCUT2D eigenvalue weighted by atomic mass is 10.1. The highest BCUT2D eigenvalue weighted by atomic mass is 35.5. The first-order chi connectivity index (χ1) is 13.7. The lowest BCUT2D eigenvalue weighted by Crippen LogP contribution is -2.33. The summed E-state index contributed by atoms with van der Waals surface area (Å²) in [5.74, 6) is -0.629. The third-order valence-corrected chi connectivity index (χ3v) is 4.53. The zero-order valence-electron chi connectivity index (χ0n) is 15.3. The van der Waals surface area contributed by atoms with Crippen molar-refractivity contribution in [2.45, 2.75) is 19.6 Å². The molecule has 150 valence electrons. The largest absolute Gasteiger partial charge is 0.416 e. The van der Waals surface area contributed by atoms with E-state index in [0.717, 1.165) is 22.3 Å². The number of carbonyl (C=O) groups is 1. The number of carbonyl (C=O) groups excluding carboxylic acids is 1. The molecule has 0 bridgehead atoms. The molecule has 0 aliphatic carbocycles. The maximum absolute atomic E-state index is 13.0. The quantitative estimate of drug-likeness (QED) is 0.662. The van der Waals surface area contributed by atoms with Crippen LogP contribution in [0, 0.1) is 6.92 Å². The molecule has 0 radical (unpaired) electrons. The molecule has 3 aromatic rings. The van der Waals surface area contributed by atoms with Crippen LogP contribution in [0.1, 0.15) is 27.2 Å². The summed E-state index contributed by atoms with van der Waals surface area (Å²) < 4.78 is 40.2. The highest BCUT2D eigenvalue weighted by Gasteiger charge is 2.30. The van der Waals surface area contributed by atoms with Crippen LogP contribution in [0.3, 0.4) is 0 Å². The SMILES string of the molecule is Cc1ccc(C(=O)NCc2cccc(Cl)c2)c(=O)n1-c1cccc(C(F)(F)F)c1. The molecule has 0 aliphatic heterocycles. The maximum atomic E-state index is 13.0. The average Bonchev–Trinajstić information content (AvgIpc) is 2.66. The molecular weight excluding hydrogens is 405 g/mol. The fourth-order valence-electron chi connectivity index (χ4n) is 2.87. The summed E-state index contributed by atoms with van der Waals surface area (Å²) in [6.45, 7) is 1.73. The summed E-state index contributed by atoms with van der Waals surface area (Å²) >= 11 is 5.91. The van der Waals surface area contributed by atoms with Gasteiger partial charge in [0.15, 0.2) is 0 Å². The summed E-state index contributed by atoms with van der Waals surface area (Å²) in [4.78, 5) is 25.4. The van der Waals surface area contributed by atoms with Crippen LogP contribution >= 0.6 is 11.6 Å². The van der Waals surface area contributed by atoms with E-state index in [0.29, 0.717) is 10.7 Å². The van der Waals surface area contributed by atoms with Gasteiger partial charge in [0.2, 0.25) is 0 Å². The number of amides is 1. The number of pyridine rings is 1. The number of rotatable bonds is 4. The van der Waals surface area contributed by atoms with Gasteiger partial charge < -0.3 is 5.32 Å². The first-order valence-electron chi connectivity index (χ1n) is 8.60. The molecule has 0 atom stereocenters. The van der Waals surface area contributed by atoms with Gasteiger partial charge in [0.1, 0.15) is 5.56 Å². The van der Waals surface area contributed by atoms with Crippen molar-refractivity contribution >= 4 is 17.5 Å². The highest BCUT2D eigenvalue weighted by Crippen LogP contribution is 2.30. The molecular formula is C21H16ClF3N2O2. The van der Waals surface area contributed by atoms with Gasteiger partial charge in [-0.3, -0.25) is 14.2 Å². The van der Waals surface area contributed by atoms with Gasteiger partial charge in [-0.15, -0.1) is 0 Å². The Kier molecular flexibility index (Phi) is 5.79. The smallest absolute Gasteiger partial charge is 0.348 e. The number of nitrogens with zero attached hydrogens (tertiary/aromatic N) is 1. The Labute approximate surface area is 169 Å². The van der Waals surface area contributed by atoms with Crippen LogP contribution in [-0.2, 0) is 12.7 Å². The monoisotopic (exact) mass is 420 g/mol. The lowest BCUT2D eigenvalue weighted by Gasteiger charge is -2.14.